The van der Waals surface area contributed by atoms with Crippen LogP contribution in [0.2, 0.25) is 0 Å². The maximum absolute atomic E-state index is 11.8. The van der Waals surface area contributed by atoms with Crippen molar-refractivity contribution in [2.24, 2.45) is 0 Å². The average molecular weight is 439 g/mol. The largest absolute Gasteiger partial charge is 0.494 e. The number of carbonyl (C=O) groups is 1. The van der Waals surface area contributed by atoms with E-state index in [0.29, 0.717) is 23.0 Å². The molecule has 30 heavy (non-hydrogen) atoms. The van der Waals surface area contributed by atoms with Crippen LogP contribution in [0.25, 0.3) is 0 Å². The molecule has 0 aliphatic carbocycles. The Bertz CT molecular complexity index is 1040. The number of anilines is 2. The van der Waals surface area contributed by atoms with E-state index in [2.05, 4.69) is 32.0 Å². The minimum absolute atomic E-state index is 0.0480. The van der Waals surface area contributed by atoms with Crippen LogP contribution in [-0.2, 0) is 4.79 Å². The van der Waals surface area contributed by atoms with E-state index in [1.165, 1.54) is 4.88 Å². The number of amides is 1. The Balaban J connectivity index is 1.75. The van der Waals surface area contributed by atoms with Crippen LogP contribution >= 0.6 is 23.6 Å². The van der Waals surface area contributed by atoms with Gasteiger partial charge in [0.1, 0.15) is 5.75 Å². The second-order valence-corrected chi connectivity index (χ2v) is 8.16. The number of carbonyl (C=O) groups excluding carboxylic acids is 1. The van der Waals surface area contributed by atoms with Crippen LogP contribution in [0.1, 0.15) is 36.0 Å². The molecule has 1 amide bonds. The molecule has 0 bridgehead atoms. The van der Waals surface area contributed by atoms with Crippen molar-refractivity contribution in [1.29, 1.82) is 0 Å². The molecule has 1 fully saturated rings. The lowest BCUT2D eigenvalue weighted by atomic mass is 10.0. The summed E-state index contributed by atoms with van der Waals surface area (Å²) in [6, 6.07) is 15.6. The molecular weight excluding hydrogens is 416 g/mol. The highest BCUT2D eigenvalue weighted by Crippen LogP contribution is 2.44. The predicted molar refractivity (Wildman–Crippen MR) is 124 cm³/mol. The van der Waals surface area contributed by atoms with E-state index in [1.54, 1.807) is 24.6 Å². The number of rotatable bonds is 6. The minimum atomic E-state index is -0.0807. The van der Waals surface area contributed by atoms with Crippen molar-refractivity contribution in [1.82, 2.24) is 10.3 Å². The third-order valence-electron chi connectivity index (χ3n) is 4.99. The molecule has 0 radical (unpaired) electrons. The number of nitrogens with zero attached hydrogens (tertiary/aromatic N) is 2. The van der Waals surface area contributed by atoms with Crippen molar-refractivity contribution in [3.8, 4) is 5.75 Å². The number of pyridine rings is 1. The molecule has 2 aromatic heterocycles. The molecule has 0 saturated carbocycles. The lowest BCUT2D eigenvalue weighted by Crippen LogP contribution is -2.29. The van der Waals surface area contributed by atoms with Gasteiger partial charge in [-0.25, -0.2) is 0 Å². The van der Waals surface area contributed by atoms with Gasteiger partial charge in [0.15, 0.2) is 5.11 Å². The van der Waals surface area contributed by atoms with Gasteiger partial charge in [0.25, 0.3) is 0 Å². The summed E-state index contributed by atoms with van der Waals surface area (Å²) in [6.45, 7) is 1.81. The summed E-state index contributed by atoms with van der Waals surface area (Å²) in [5.74, 6) is 0.523. The predicted octanol–water partition coefficient (Wildman–Crippen LogP) is 4.68. The summed E-state index contributed by atoms with van der Waals surface area (Å²) >= 11 is 7.42. The van der Waals surface area contributed by atoms with E-state index in [1.807, 2.05) is 49.4 Å². The van der Waals surface area contributed by atoms with Gasteiger partial charge in [-0.05, 0) is 47.9 Å². The second kappa shape index (κ2) is 8.81. The Morgan fingerprint density at radius 2 is 2.17 bits per heavy atom. The molecule has 3 heterocycles. The third-order valence-corrected chi connectivity index (χ3v) is 6.25. The van der Waals surface area contributed by atoms with Gasteiger partial charge in [-0.2, -0.15) is 0 Å². The fourth-order valence-corrected chi connectivity index (χ4v) is 4.75. The van der Waals surface area contributed by atoms with Gasteiger partial charge in [-0.1, -0.05) is 19.1 Å². The molecule has 1 aliphatic rings. The van der Waals surface area contributed by atoms with Gasteiger partial charge in [-0.3, -0.25) is 9.78 Å². The summed E-state index contributed by atoms with van der Waals surface area (Å²) in [5, 5.41) is 9.00. The summed E-state index contributed by atoms with van der Waals surface area (Å²) in [6.07, 6.45) is 2.19. The van der Waals surface area contributed by atoms with Crippen LogP contribution in [0, 0.1) is 0 Å². The smallest absolute Gasteiger partial charge is 0.224 e. The molecule has 2 atom stereocenters. The van der Waals surface area contributed by atoms with Gasteiger partial charge in [0.05, 0.1) is 30.6 Å². The topological polar surface area (TPSA) is 66.5 Å². The van der Waals surface area contributed by atoms with Crippen molar-refractivity contribution >= 4 is 45.9 Å². The number of hydrogen-bond donors (Lipinski definition) is 2. The van der Waals surface area contributed by atoms with Crippen LogP contribution in [0.5, 0.6) is 5.75 Å². The second-order valence-electron chi connectivity index (χ2n) is 6.80. The normalized spacial score (nSPS) is 18.2. The first-order chi connectivity index (χ1) is 14.6. The molecule has 2 N–H and O–H groups in total. The van der Waals surface area contributed by atoms with Crippen molar-refractivity contribution < 1.29 is 9.53 Å². The van der Waals surface area contributed by atoms with Crippen molar-refractivity contribution in [2.75, 3.05) is 17.3 Å². The Kier molecular flexibility index (Phi) is 5.96. The Hall–Kier alpha value is -2.97. The number of thiophene rings is 1. The van der Waals surface area contributed by atoms with Crippen LogP contribution in [0.4, 0.5) is 11.4 Å². The molecule has 1 aromatic carbocycles. The third kappa shape index (κ3) is 3.88. The van der Waals surface area contributed by atoms with E-state index in [-0.39, 0.29) is 18.0 Å². The molecule has 8 heteroatoms. The zero-order valence-electron chi connectivity index (χ0n) is 16.7. The number of methoxy groups -OCH3 is 1. The fraction of sp³-hybridized carbons (Fsp3) is 0.227. The number of benzene rings is 1. The van der Waals surface area contributed by atoms with Gasteiger partial charge < -0.3 is 20.3 Å². The van der Waals surface area contributed by atoms with Gasteiger partial charge in [-0.15, -0.1) is 11.3 Å². The summed E-state index contributed by atoms with van der Waals surface area (Å²) < 4.78 is 5.55. The Morgan fingerprint density at radius 3 is 2.83 bits per heavy atom. The lowest BCUT2D eigenvalue weighted by molar-refractivity contribution is -0.115. The molecule has 0 unspecified atom stereocenters. The summed E-state index contributed by atoms with van der Waals surface area (Å²) in [7, 11) is 1.59. The highest BCUT2D eigenvalue weighted by Gasteiger charge is 2.41. The maximum Gasteiger partial charge on any atom is 0.224 e. The number of thiocarbonyl (C=S) groups is 1. The quantitative estimate of drug-likeness (QED) is 0.545. The molecule has 3 aromatic rings. The molecule has 4 rings (SSSR count). The first-order valence-electron chi connectivity index (χ1n) is 9.64. The van der Waals surface area contributed by atoms with E-state index < -0.39 is 0 Å². The molecule has 154 valence electrons. The number of hydrogen-bond acceptors (Lipinski definition) is 5. The molecule has 6 nitrogen and oxygen atoms in total. The summed E-state index contributed by atoms with van der Waals surface area (Å²) in [5.41, 5.74) is 2.45. The van der Waals surface area contributed by atoms with Crippen molar-refractivity contribution in [3.05, 3.63) is 70.7 Å². The van der Waals surface area contributed by atoms with Gasteiger partial charge in [0, 0.05) is 29.2 Å². The highest BCUT2D eigenvalue weighted by molar-refractivity contribution is 7.80. The fourth-order valence-electron chi connectivity index (χ4n) is 3.55. The first-order valence-corrected chi connectivity index (χ1v) is 10.9. The van der Waals surface area contributed by atoms with E-state index >= 15 is 0 Å². The number of nitrogens with one attached hydrogen (secondary N) is 2. The highest BCUT2D eigenvalue weighted by atomic mass is 32.1. The van der Waals surface area contributed by atoms with Gasteiger partial charge >= 0.3 is 0 Å². The average Bonchev–Trinajstić information content (AvgIpc) is 3.42. The zero-order valence-corrected chi connectivity index (χ0v) is 18.3. The maximum atomic E-state index is 11.8. The molecule has 0 spiro atoms. The molecule has 1 saturated heterocycles. The van der Waals surface area contributed by atoms with Crippen molar-refractivity contribution in [2.45, 2.75) is 25.4 Å². The lowest BCUT2D eigenvalue weighted by Gasteiger charge is -2.27. The van der Waals surface area contributed by atoms with Crippen molar-refractivity contribution in [3.63, 3.8) is 0 Å². The SMILES string of the molecule is CCC(=O)Nc1ccc(N2C(=S)N[C@H](c3ccccn3)[C@@H]2c2cccs2)cc1OC. The van der Waals surface area contributed by atoms with Gasteiger partial charge in [0.2, 0.25) is 5.91 Å². The molecular formula is C22H22N4O2S2. The summed E-state index contributed by atoms with van der Waals surface area (Å²) in [4.78, 5) is 19.7. The standard InChI is InChI=1S/C22H22N4O2S2/c1-3-19(27)24-15-10-9-14(13-17(15)28-2)26-21(18-8-6-12-30-18)20(25-22(26)29)16-7-4-5-11-23-16/h4-13,20-21H,3H2,1-2H3,(H,24,27)(H,25,29)/t20-,21+/m1/s1. The Labute approximate surface area is 184 Å². The number of ether oxygens (including phenoxy) is 1. The van der Waals surface area contributed by atoms with E-state index in [4.69, 9.17) is 17.0 Å². The zero-order chi connectivity index (χ0) is 21.1. The van der Waals surface area contributed by atoms with Crippen LogP contribution in [-0.4, -0.2) is 23.1 Å². The number of aromatic nitrogens is 1. The van der Waals surface area contributed by atoms with Crippen LogP contribution in [0.15, 0.2) is 60.1 Å². The minimum Gasteiger partial charge on any atom is -0.494 e. The van der Waals surface area contributed by atoms with E-state index in [9.17, 15) is 4.79 Å². The molecule has 1 aliphatic heterocycles. The van der Waals surface area contributed by atoms with Crippen LogP contribution < -0.4 is 20.3 Å². The Morgan fingerprint density at radius 1 is 1.30 bits per heavy atom. The first kappa shape index (κ1) is 20.3. The van der Waals surface area contributed by atoms with E-state index in [0.717, 1.165) is 11.4 Å². The van der Waals surface area contributed by atoms with Crippen LogP contribution in [0.3, 0.4) is 0 Å². The monoisotopic (exact) mass is 438 g/mol.